The third-order valence-electron chi connectivity index (χ3n) is 5.98. The van der Waals surface area contributed by atoms with E-state index in [0.29, 0.717) is 18.1 Å². The van der Waals surface area contributed by atoms with Crippen LogP contribution in [-0.4, -0.2) is 45.9 Å². The fourth-order valence-electron chi connectivity index (χ4n) is 4.24. The van der Waals surface area contributed by atoms with E-state index in [4.69, 9.17) is 0 Å². The number of nitrogens with one attached hydrogen (secondary N) is 2. The number of carbonyl (C=O) groups excluding carboxylic acids is 1. The van der Waals surface area contributed by atoms with Crippen LogP contribution in [0.1, 0.15) is 64.1 Å². The van der Waals surface area contributed by atoms with E-state index in [9.17, 15) is 4.79 Å². The van der Waals surface area contributed by atoms with Crippen molar-refractivity contribution < 1.29 is 4.79 Å². The molecule has 24 heavy (non-hydrogen) atoms. The highest BCUT2D eigenvalue weighted by Crippen LogP contribution is 2.32. The molecule has 3 rings (SSSR count). The Morgan fingerprint density at radius 1 is 1.38 bits per heavy atom. The average Bonchev–Trinajstić information content (AvgIpc) is 2.88. The summed E-state index contributed by atoms with van der Waals surface area (Å²) < 4.78 is 1.98. The van der Waals surface area contributed by atoms with Crippen molar-refractivity contribution in [3.05, 3.63) is 11.9 Å². The van der Waals surface area contributed by atoms with Gasteiger partial charge in [-0.2, -0.15) is 5.10 Å². The molecule has 2 fully saturated rings. The van der Waals surface area contributed by atoms with Gasteiger partial charge in [-0.1, -0.05) is 13.3 Å². The molecule has 2 bridgehead atoms. The molecule has 6 nitrogen and oxygen atoms in total. The van der Waals surface area contributed by atoms with E-state index >= 15 is 0 Å². The lowest BCUT2D eigenvalue weighted by Gasteiger charge is -2.47. The summed E-state index contributed by atoms with van der Waals surface area (Å²) in [5.41, 5.74) is 1.82. The first kappa shape index (κ1) is 17.3. The maximum absolute atomic E-state index is 12.4. The summed E-state index contributed by atoms with van der Waals surface area (Å²) in [5.74, 6) is 0. The molecule has 0 spiro atoms. The van der Waals surface area contributed by atoms with Gasteiger partial charge in [-0.25, -0.2) is 4.79 Å². The number of amides is 2. The second-order valence-electron chi connectivity index (χ2n) is 7.52. The fraction of sp³-hybridized carbons (Fsp3) is 0.778. The Labute approximate surface area is 145 Å². The number of nitrogens with zero attached hydrogens (tertiary/aromatic N) is 3. The molecule has 1 unspecified atom stereocenters. The van der Waals surface area contributed by atoms with Crippen LogP contribution in [0.5, 0.6) is 0 Å². The van der Waals surface area contributed by atoms with E-state index in [-0.39, 0.29) is 12.1 Å². The van der Waals surface area contributed by atoms with Crippen molar-refractivity contribution in [2.24, 2.45) is 0 Å². The monoisotopic (exact) mass is 333 g/mol. The first-order valence-electron chi connectivity index (χ1n) is 9.33. The van der Waals surface area contributed by atoms with Crippen LogP contribution in [0, 0.1) is 6.92 Å². The number of carbonyl (C=O) groups is 1. The zero-order chi connectivity index (χ0) is 17.3. The number of piperidine rings is 2. The summed E-state index contributed by atoms with van der Waals surface area (Å²) in [6.45, 7) is 6.29. The molecule has 6 heteroatoms. The molecular weight excluding hydrogens is 302 g/mol. The lowest BCUT2D eigenvalue weighted by atomic mass is 9.82. The normalized spacial score (nSPS) is 28.4. The minimum atomic E-state index is -0.102. The Balaban J connectivity index is 1.57. The summed E-state index contributed by atoms with van der Waals surface area (Å²) in [6, 6.07) is 1.77. The Bertz CT molecular complexity index is 570. The largest absolute Gasteiger partial charge is 0.335 e. The first-order chi connectivity index (χ1) is 11.5. The van der Waals surface area contributed by atoms with Gasteiger partial charge >= 0.3 is 6.03 Å². The van der Waals surface area contributed by atoms with Gasteiger partial charge in [0.1, 0.15) is 0 Å². The number of anilines is 1. The van der Waals surface area contributed by atoms with E-state index in [1.165, 1.54) is 19.3 Å². The van der Waals surface area contributed by atoms with Crippen molar-refractivity contribution in [1.29, 1.82) is 0 Å². The van der Waals surface area contributed by atoms with Crippen LogP contribution < -0.4 is 10.6 Å². The van der Waals surface area contributed by atoms with Crippen LogP contribution in [-0.2, 0) is 0 Å². The molecule has 0 aromatic carbocycles. The molecule has 1 aromatic rings. The van der Waals surface area contributed by atoms with E-state index in [1.54, 1.807) is 6.20 Å². The molecule has 1 aromatic heterocycles. The van der Waals surface area contributed by atoms with Crippen LogP contribution in [0.3, 0.4) is 0 Å². The van der Waals surface area contributed by atoms with Crippen LogP contribution in [0.2, 0.25) is 0 Å². The van der Waals surface area contributed by atoms with Gasteiger partial charge in [0.05, 0.1) is 17.6 Å². The Kier molecular flexibility index (Phi) is 5.13. The molecule has 0 saturated carbocycles. The van der Waals surface area contributed by atoms with Gasteiger partial charge in [0.15, 0.2) is 0 Å². The summed E-state index contributed by atoms with van der Waals surface area (Å²) in [4.78, 5) is 14.9. The zero-order valence-electron chi connectivity index (χ0n) is 15.4. The van der Waals surface area contributed by atoms with Gasteiger partial charge in [-0.3, -0.25) is 4.68 Å². The zero-order valence-corrected chi connectivity index (χ0v) is 15.4. The van der Waals surface area contributed by atoms with Gasteiger partial charge in [0.2, 0.25) is 0 Å². The minimum absolute atomic E-state index is 0.102. The lowest BCUT2D eigenvalue weighted by Crippen LogP contribution is -2.55. The van der Waals surface area contributed by atoms with Gasteiger partial charge in [0.25, 0.3) is 0 Å². The third kappa shape index (κ3) is 3.43. The summed E-state index contributed by atoms with van der Waals surface area (Å²) in [6.07, 6.45) is 8.74. The van der Waals surface area contributed by atoms with Crippen molar-refractivity contribution in [3.63, 3.8) is 0 Å². The smallest absolute Gasteiger partial charge is 0.319 e. The van der Waals surface area contributed by atoms with E-state index in [0.717, 1.165) is 30.6 Å². The van der Waals surface area contributed by atoms with Gasteiger partial charge in [0, 0.05) is 24.2 Å². The molecule has 2 amide bonds. The average molecular weight is 333 g/mol. The number of urea groups is 1. The van der Waals surface area contributed by atoms with Crippen LogP contribution >= 0.6 is 0 Å². The highest BCUT2D eigenvalue weighted by molar-refractivity contribution is 5.89. The predicted molar refractivity (Wildman–Crippen MR) is 96.3 cm³/mol. The molecule has 0 aliphatic carbocycles. The van der Waals surface area contributed by atoms with E-state index in [2.05, 4.69) is 41.5 Å². The molecule has 4 atom stereocenters. The second kappa shape index (κ2) is 7.13. The Morgan fingerprint density at radius 3 is 2.67 bits per heavy atom. The topological polar surface area (TPSA) is 62.2 Å². The maximum Gasteiger partial charge on any atom is 0.319 e. The highest BCUT2D eigenvalue weighted by Gasteiger charge is 2.36. The number of fused-ring (bicyclic) bond motifs is 2. The quantitative estimate of drug-likeness (QED) is 0.889. The number of hydrogen-bond donors (Lipinski definition) is 2. The number of aromatic nitrogens is 2. The number of rotatable bonds is 4. The highest BCUT2D eigenvalue weighted by atomic mass is 16.2. The van der Waals surface area contributed by atoms with Crippen LogP contribution in [0.15, 0.2) is 6.20 Å². The Hall–Kier alpha value is -1.56. The van der Waals surface area contributed by atoms with E-state index in [1.807, 2.05) is 11.6 Å². The summed E-state index contributed by atoms with van der Waals surface area (Å²) >= 11 is 0. The molecule has 2 N–H and O–H groups in total. The van der Waals surface area contributed by atoms with Crippen molar-refractivity contribution >= 4 is 11.7 Å². The Morgan fingerprint density at radius 2 is 2.04 bits per heavy atom. The molecule has 134 valence electrons. The van der Waals surface area contributed by atoms with Gasteiger partial charge in [-0.05, 0) is 53.0 Å². The summed E-state index contributed by atoms with van der Waals surface area (Å²) in [7, 11) is 2.23. The number of hydrogen-bond acceptors (Lipinski definition) is 3. The third-order valence-corrected chi connectivity index (χ3v) is 5.98. The van der Waals surface area contributed by atoms with Gasteiger partial charge < -0.3 is 15.5 Å². The van der Waals surface area contributed by atoms with Crippen LogP contribution in [0.25, 0.3) is 0 Å². The minimum Gasteiger partial charge on any atom is -0.335 e. The molecule has 3 heterocycles. The van der Waals surface area contributed by atoms with E-state index < -0.39 is 0 Å². The van der Waals surface area contributed by atoms with Crippen molar-refractivity contribution in [3.8, 4) is 0 Å². The molecular formula is C18H31N5O. The molecule has 0 radical (unpaired) electrons. The van der Waals surface area contributed by atoms with Gasteiger partial charge in [-0.15, -0.1) is 0 Å². The molecule has 2 aliphatic rings. The SMILES string of the molecule is CC[C@@H](C)n1ncc(NC(=O)NC2C[C@H]3CCC[C@@H](C2)N3C)c1C. The fourth-order valence-corrected chi connectivity index (χ4v) is 4.24. The maximum atomic E-state index is 12.4. The summed E-state index contributed by atoms with van der Waals surface area (Å²) in [5, 5.41) is 10.6. The lowest BCUT2D eigenvalue weighted by molar-refractivity contribution is 0.0513. The second-order valence-corrected chi connectivity index (χ2v) is 7.52. The standard InChI is InChI=1S/C18H31N5O/c1-5-12(2)23-13(3)17(11-19-23)21-18(24)20-14-9-15-7-6-8-16(10-14)22(15)4/h11-12,14-16H,5-10H2,1-4H3,(H2,20,21,24)/t12-,14?,15-,16+/m1/s1. The van der Waals surface area contributed by atoms with Crippen molar-refractivity contribution in [2.75, 3.05) is 12.4 Å². The van der Waals surface area contributed by atoms with Crippen LogP contribution in [0.4, 0.5) is 10.5 Å². The van der Waals surface area contributed by atoms with Crippen molar-refractivity contribution in [2.45, 2.75) is 83.5 Å². The van der Waals surface area contributed by atoms with Crippen molar-refractivity contribution in [1.82, 2.24) is 20.0 Å². The molecule has 2 aliphatic heterocycles. The first-order valence-corrected chi connectivity index (χ1v) is 9.33. The molecule has 2 saturated heterocycles. The predicted octanol–water partition coefficient (Wildman–Crippen LogP) is 3.30.